The summed E-state index contributed by atoms with van der Waals surface area (Å²) in [5.74, 6) is 0.310. The van der Waals surface area contributed by atoms with E-state index in [-0.39, 0.29) is 5.91 Å². The number of hydrogen-bond acceptors (Lipinski definition) is 5. The Labute approximate surface area is 151 Å². The van der Waals surface area contributed by atoms with Crippen LogP contribution in [0.4, 0.5) is 0 Å². The molecule has 134 valence electrons. The average Bonchev–Trinajstić information content (AvgIpc) is 3.08. The van der Waals surface area contributed by atoms with Crippen molar-refractivity contribution in [2.24, 2.45) is 5.92 Å². The molecule has 3 aromatic rings. The molecule has 1 saturated heterocycles. The molecule has 1 fully saturated rings. The lowest BCUT2D eigenvalue weighted by atomic mass is 10.00. The molecule has 7 heteroatoms. The van der Waals surface area contributed by atoms with Crippen molar-refractivity contribution < 1.29 is 4.79 Å². The second kappa shape index (κ2) is 7.21. The number of nitrogens with zero attached hydrogens (tertiary/aromatic N) is 4. The van der Waals surface area contributed by atoms with Crippen molar-refractivity contribution in [3.63, 3.8) is 0 Å². The van der Waals surface area contributed by atoms with Crippen LogP contribution < -0.4 is 10.6 Å². The van der Waals surface area contributed by atoms with Crippen molar-refractivity contribution in [1.82, 2.24) is 30.6 Å². The predicted octanol–water partition coefficient (Wildman–Crippen LogP) is 1.85. The van der Waals surface area contributed by atoms with E-state index in [1.54, 1.807) is 10.9 Å². The highest BCUT2D eigenvalue weighted by molar-refractivity contribution is 5.94. The van der Waals surface area contributed by atoms with Gasteiger partial charge in [-0.25, -0.2) is 4.68 Å². The summed E-state index contributed by atoms with van der Waals surface area (Å²) in [6, 6.07) is 9.73. The van der Waals surface area contributed by atoms with Gasteiger partial charge in [0.05, 0.1) is 16.9 Å². The zero-order valence-electron chi connectivity index (χ0n) is 14.8. The average molecular weight is 350 g/mol. The summed E-state index contributed by atoms with van der Waals surface area (Å²) in [5.41, 5.74) is 2.85. The number of piperidine rings is 1. The molecule has 0 spiro atoms. The van der Waals surface area contributed by atoms with E-state index in [0.717, 1.165) is 48.2 Å². The van der Waals surface area contributed by atoms with Gasteiger partial charge in [-0.05, 0) is 63.0 Å². The Bertz CT molecular complexity index is 923. The quantitative estimate of drug-likeness (QED) is 0.750. The van der Waals surface area contributed by atoms with Crippen molar-refractivity contribution in [2.45, 2.75) is 19.8 Å². The van der Waals surface area contributed by atoms with Crippen LogP contribution in [0.15, 0.2) is 36.5 Å². The van der Waals surface area contributed by atoms with Gasteiger partial charge >= 0.3 is 0 Å². The number of nitrogens with one attached hydrogen (secondary N) is 2. The van der Waals surface area contributed by atoms with E-state index in [2.05, 4.69) is 25.9 Å². The summed E-state index contributed by atoms with van der Waals surface area (Å²) < 4.78 is 1.71. The number of carbonyl (C=O) groups excluding carboxylic acids is 1. The Morgan fingerprint density at radius 2 is 2.27 bits per heavy atom. The minimum atomic E-state index is -0.169. The molecular formula is C19H22N6O. The van der Waals surface area contributed by atoms with Gasteiger partial charge in [-0.1, -0.05) is 11.3 Å². The summed E-state index contributed by atoms with van der Waals surface area (Å²) in [5, 5.41) is 15.7. The number of aromatic nitrogens is 4. The largest absolute Gasteiger partial charge is 0.350 e. The minimum Gasteiger partial charge on any atom is -0.350 e. The number of carbonyl (C=O) groups is 1. The normalized spacial score (nSPS) is 17.3. The van der Waals surface area contributed by atoms with E-state index < -0.39 is 0 Å². The molecule has 0 bridgehead atoms. The van der Waals surface area contributed by atoms with Gasteiger partial charge in [0.1, 0.15) is 0 Å². The van der Waals surface area contributed by atoms with E-state index >= 15 is 0 Å². The third-order valence-electron chi connectivity index (χ3n) is 4.91. The fourth-order valence-electron chi connectivity index (χ4n) is 3.46. The zero-order chi connectivity index (χ0) is 17.9. The SMILES string of the molecule is Cc1c(C(=O)NCC2CCCNC2)nnn1-c1cccc2ncccc12. The first-order valence-corrected chi connectivity index (χ1v) is 8.99. The monoisotopic (exact) mass is 350 g/mol. The summed E-state index contributed by atoms with van der Waals surface area (Å²) in [7, 11) is 0. The van der Waals surface area contributed by atoms with Crippen LogP contribution >= 0.6 is 0 Å². The highest BCUT2D eigenvalue weighted by Gasteiger charge is 2.20. The Kier molecular flexibility index (Phi) is 4.62. The second-order valence-electron chi connectivity index (χ2n) is 6.70. The maximum absolute atomic E-state index is 12.6. The standard InChI is InChI=1S/C19H22N6O/c1-13-18(19(26)22-12-14-5-3-9-20-11-14)23-24-25(13)17-8-2-7-16-15(17)6-4-10-21-16/h2,4,6-8,10,14,20H,3,5,9,11-12H2,1H3,(H,22,26). The van der Waals surface area contributed by atoms with Gasteiger partial charge in [-0.2, -0.15) is 0 Å². The number of amides is 1. The van der Waals surface area contributed by atoms with Gasteiger partial charge in [-0.3, -0.25) is 9.78 Å². The van der Waals surface area contributed by atoms with E-state index in [1.165, 1.54) is 0 Å². The van der Waals surface area contributed by atoms with Crippen LogP contribution in [0.1, 0.15) is 29.0 Å². The number of fused-ring (bicyclic) bond motifs is 1. The van der Waals surface area contributed by atoms with E-state index in [1.807, 2.05) is 37.3 Å². The molecule has 0 aliphatic carbocycles. The highest BCUT2D eigenvalue weighted by atomic mass is 16.2. The molecule has 7 nitrogen and oxygen atoms in total. The Hall–Kier alpha value is -2.80. The van der Waals surface area contributed by atoms with Gasteiger partial charge < -0.3 is 10.6 Å². The molecule has 2 N–H and O–H groups in total. The van der Waals surface area contributed by atoms with Crippen molar-refractivity contribution in [2.75, 3.05) is 19.6 Å². The summed E-state index contributed by atoms with van der Waals surface area (Å²) >= 11 is 0. The van der Waals surface area contributed by atoms with Crippen molar-refractivity contribution in [3.8, 4) is 5.69 Å². The zero-order valence-corrected chi connectivity index (χ0v) is 14.8. The van der Waals surface area contributed by atoms with Crippen LogP contribution in [-0.2, 0) is 0 Å². The van der Waals surface area contributed by atoms with E-state index in [4.69, 9.17) is 0 Å². The highest BCUT2D eigenvalue weighted by Crippen LogP contribution is 2.21. The molecular weight excluding hydrogens is 328 g/mol. The van der Waals surface area contributed by atoms with Gasteiger partial charge in [-0.15, -0.1) is 5.10 Å². The Morgan fingerprint density at radius 3 is 3.12 bits per heavy atom. The minimum absolute atomic E-state index is 0.169. The molecule has 0 saturated carbocycles. The lowest BCUT2D eigenvalue weighted by Crippen LogP contribution is -2.38. The second-order valence-corrected chi connectivity index (χ2v) is 6.70. The fourth-order valence-corrected chi connectivity index (χ4v) is 3.46. The summed E-state index contributed by atoms with van der Waals surface area (Å²) in [6.07, 6.45) is 4.06. The molecule has 2 aromatic heterocycles. The first-order chi connectivity index (χ1) is 12.7. The third-order valence-corrected chi connectivity index (χ3v) is 4.91. The molecule has 1 aromatic carbocycles. The van der Waals surface area contributed by atoms with Crippen molar-refractivity contribution in [3.05, 3.63) is 47.9 Å². The van der Waals surface area contributed by atoms with Gasteiger partial charge in [0.25, 0.3) is 5.91 Å². The maximum atomic E-state index is 12.6. The molecule has 1 aliphatic heterocycles. The van der Waals surface area contributed by atoms with E-state index in [9.17, 15) is 4.79 Å². The molecule has 26 heavy (non-hydrogen) atoms. The van der Waals surface area contributed by atoms with Crippen LogP contribution in [0.2, 0.25) is 0 Å². The molecule has 1 unspecified atom stereocenters. The number of hydrogen-bond donors (Lipinski definition) is 2. The lowest BCUT2D eigenvalue weighted by molar-refractivity contribution is 0.0939. The molecule has 3 heterocycles. The van der Waals surface area contributed by atoms with Crippen LogP contribution in [0, 0.1) is 12.8 Å². The lowest BCUT2D eigenvalue weighted by Gasteiger charge is -2.22. The first-order valence-electron chi connectivity index (χ1n) is 8.99. The van der Waals surface area contributed by atoms with Crippen molar-refractivity contribution in [1.29, 1.82) is 0 Å². The van der Waals surface area contributed by atoms with Crippen LogP contribution in [-0.4, -0.2) is 45.5 Å². The molecule has 1 aliphatic rings. The third kappa shape index (κ3) is 3.17. The van der Waals surface area contributed by atoms with Crippen LogP contribution in [0.3, 0.4) is 0 Å². The molecule has 1 atom stereocenters. The maximum Gasteiger partial charge on any atom is 0.273 e. The Balaban J connectivity index is 1.56. The van der Waals surface area contributed by atoms with Crippen molar-refractivity contribution >= 4 is 16.8 Å². The number of pyridine rings is 1. The number of benzene rings is 1. The summed E-state index contributed by atoms with van der Waals surface area (Å²) in [4.78, 5) is 16.9. The van der Waals surface area contributed by atoms with Gasteiger partial charge in [0.15, 0.2) is 5.69 Å². The summed E-state index contributed by atoms with van der Waals surface area (Å²) in [6.45, 7) is 4.55. The molecule has 0 radical (unpaired) electrons. The topological polar surface area (TPSA) is 84.7 Å². The van der Waals surface area contributed by atoms with Crippen LogP contribution in [0.25, 0.3) is 16.6 Å². The molecule has 1 amide bonds. The fraction of sp³-hybridized carbons (Fsp3) is 0.368. The van der Waals surface area contributed by atoms with Gasteiger partial charge in [0.2, 0.25) is 0 Å². The first kappa shape index (κ1) is 16.7. The number of rotatable bonds is 4. The van der Waals surface area contributed by atoms with Gasteiger partial charge in [0, 0.05) is 18.1 Å². The Morgan fingerprint density at radius 1 is 1.35 bits per heavy atom. The smallest absolute Gasteiger partial charge is 0.273 e. The van der Waals surface area contributed by atoms with E-state index in [0.29, 0.717) is 18.2 Å². The molecule has 4 rings (SSSR count). The predicted molar refractivity (Wildman–Crippen MR) is 99.3 cm³/mol. The van der Waals surface area contributed by atoms with Crippen LogP contribution in [0.5, 0.6) is 0 Å².